The van der Waals surface area contributed by atoms with Crippen molar-refractivity contribution in [1.82, 2.24) is 5.32 Å². The van der Waals surface area contributed by atoms with Crippen LogP contribution in [-0.4, -0.2) is 47.5 Å². The molecule has 7 nitrogen and oxygen atoms in total. The van der Waals surface area contributed by atoms with Gasteiger partial charge in [-0.2, -0.15) is 0 Å². The van der Waals surface area contributed by atoms with Crippen molar-refractivity contribution in [3.05, 3.63) is 42.0 Å². The molecule has 0 amide bonds. The van der Waals surface area contributed by atoms with Gasteiger partial charge in [0, 0.05) is 31.4 Å². The minimum Gasteiger partial charge on any atom is -0.494 e. The van der Waals surface area contributed by atoms with E-state index in [4.69, 9.17) is 18.9 Å². The van der Waals surface area contributed by atoms with E-state index in [0.717, 1.165) is 37.4 Å². The van der Waals surface area contributed by atoms with Crippen LogP contribution >= 0.6 is 24.0 Å². The van der Waals surface area contributed by atoms with E-state index in [1.807, 2.05) is 24.3 Å². The quantitative estimate of drug-likeness (QED) is 0.271. The van der Waals surface area contributed by atoms with E-state index in [9.17, 15) is 0 Å². The summed E-state index contributed by atoms with van der Waals surface area (Å²) < 4.78 is 21.8. The highest BCUT2D eigenvalue weighted by atomic mass is 127. The topological polar surface area (TPSA) is 73.3 Å². The lowest BCUT2D eigenvalue weighted by Crippen LogP contribution is -2.32. The largest absolute Gasteiger partial charge is 0.494 e. The molecule has 2 N–H and O–H groups in total. The van der Waals surface area contributed by atoms with E-state index < -0.39 is 0 Å². The Morgan fingerprint density at radius 3 is 2.27 bits per heavy atom. The molecular weight excluding hydrogens is 497 g/mol. The third-order valence-corrected chi connectivity index (χ3v) is 4.23. The van der Waals surface area contributed by atoms with Crippen molar-refractivity contribution in [2.24, 2.45) is 4.99 Å². The van der Waals surface area contributed by atoms with Gasteiger partial charge < -0.3 is 29.6 Å². The average molecular weight is 529 g/mol. The van der Waals surface area contributed by atoms with E-state index in [1.54, 1.807) is 28.4 Å². The summed E-state index contributed by atoms with van der Waals surface area (Å²) >= 11 is 0. The summed E-state index contributed by atoms with van der Waals surface area (Å²) in [6.45, 7) is 3.55. The van der Waals surface area contributed by atoms with Crippen LogP contribution in [0.3, 0.4) is 0 Å². The number of rotatable bonds is 10. The van der Waals surface area contributed by atoms with Crippen LogP contribution in [0.25, 0.3) is 0 Å². The molecule has 0 saturated carbocycles. The summed E-state index contributed by atoms with van der Waals surface area (Å²) in [4.78, 5) is 4.28. The molecule has 0 aromatic heterocycles. The molecule has 8 heteroatoms. The second kappa shape index (κ2) is 13.8. The predicted octanol–water partition coefficient (Wildman–Crippen LogP) is 4.35. The number of methoxy groups -OCH3 is 3. The SMILES string of the molecule is CCCOc1cccc(CCNC(=NC)Nc2cc(OC)c(OC)c(OC)c2)c1.I. The molecule has 2 aromatic rings. The minimum atomic E-state index is 0. The fraction of sp³-hybridized carbons (Fsp3) is 0.409. The molecule has 0 unspecified atom stereocenters. The minimum absolute atomic E-state index is 0. The Morgan fingerprint density at radius 2 is 1.70 bits per heavy atom. The number of benzene rings is 2. The zero-order valence-corrected chi connectivity index (χ0v) is 20.6. The van der Waals surface area contributed by atoms with Crippen LogP contribution in [0.1, 0.15) is 18.9 Å². The number of anilines is 1. The molecule has 166 valence electrons. The number of halogens is 1. The molecule has 0 fully saturated rings. The third kappa shape index (κ3) is 7.47. The monoisotopic (exact) mass is 529 g/mol. The van der Waals surface area contributed by atoms with Crippen LogP contribution in [0, 0.1) is 0 Å². The smallest absolute Gasteiger partial charge is 0.203 e. The standard InChI is InChI=1S/C22H31N3O4.HI/c1-6-12-29-18-9-7-8-16(13-18)10-11-24-22(23-2)25-17-14-19(26-3)21(28-5)20(15-17)27-4;/h7-9,13-15H,6,10-12H2,1-5H3,(H2,23,24,25);1H. The van der Waals surface area contributed by atoms with Crippen molar-refractivity contribution in [1.29, 1.82) is 0 Å². The first-order chi connectivity index (χ1) is 14.1. The Hall–Kier alpha value is -2.36. The Kier molecular flexibility index (Phi) is 11.8. The molecule has 30 heavy (non-hydrogen) atoms. The fourth-order valence-corrected chi connectivity index (χ4v) is 2.81. The summed E-state index contributed by atoms with van der Waals surface area (Å²) in [7, 11) is 6.49. The van der Waals surface area contributed by atoms with Crippen LogP contribution in [0.2, 0.25) is 0 Å². The van der Waals surface area contributed by atoms with E-state index >= 15 is 0 Å². The van der Waals surface area contributed by atoms with Gasteiger partial charge in [-0.3, -0.25) is 4.99 Å². The van der Waals surface area contributed by atoms with Gasteiger partial charge in [-0.25, -0.2) is 0 Å². The summed E-state index contributed by atoms with van der Waals surface area (Å²) in [5, 5.41) is 6.57. The van der Waals surface area contributed by atoms with E-state index in [2.05, 4.69) is 34.7 Å². The predicted molar refractivity (Wildman–Crippen MR) is 132 cm³/mol. The molecule has 0 aliphatic heterocycles. The number of nitrogens with one attached hydrogen (secondary N) is 2. The van der Waals surface area contributed by atoms with E-state index in [-0.39, 0.29) is 24.0 Å². The molecule has 0 bridgehead atoms. The Bertz CT molecular complexity index is 790. The molecule has 2 aromatic carbocycles. The van der Waals surface area contributed by atoms with Crippen molar-refractivity contribution in [2.75, 3.05) is 46.8 Å². The Morgan fingerprint density at radius 1 is 1.00 bits per heavy atom. The van der Waals surface area contributed by atoms with Gasteiger partial charge in [0.15, 0.2) is 17.5 Å². The highest BCUT2D eigenvalue weighted by Crippen LogP contribution is 2.39. The molecule has 0 aliphatic carbocycles. The Balaban J connectivity index is 0.00000450. The van der Waals surface area contributed by atoms with Crippen molar-refractivity contribution in [2.45, 2.75) is 19.8 Å². The van der Waals surface area contributed by atoms with Gasteiger partial charge in [-0.1, -0.05) is 19.1 Å². The lowest BCUT2D eigenvalue weighted by Gasteiger charge is -2.16. The fourth-order valence-electron chi connectivity index (χ4n) is 2.81. The van der Waals surface area contributed by atoms with E-state index in [0.29, 0.717) is 23.2 Å². The van der Waals surface area contributed by atoms with Crippen LogP contribution in [0.15, 0.2) is 41.4 Å². The van der Waals surface area contributed by atoms with Gasteiger partial charge in [0.1, 0.15) is 5.75 Å². The van der Waals surface area contributed by atoms with E-state index in [1.165, 1.54) is 5.56 Å². The van der Waals surface area contributed by atoms with Crippen LogP contribution < -0.4 is 29.6 Å². The number of guanidine groups is 1. The zero-order chi connectivity index (χ0) is 21.1. The lowest BCUT2D eigenvalue weighted by atomic mass is 10.1. The first-order valence-corrected chi connectivity index (χ1v) is 9.64. The molecule has 0 atom stereocenters. The lowest BCUT2D eigenvalue weighted by molar-refractivity contribution is 0.317. The second-order valence-corrected chi connectivity index (χ2v) is 6.28. The maximum atomic E-state index is 5.70. The summed E-state index contributed by atoms with van der Waals surface area (Å²) in [6, 6.07) is 11.8. The summed E-state index contributed by atoms with van der Waals surface area (Å²) in [5.74, 6) is 3.26. The zero-order valence-electron chi connectivity index (χ0n) is 18.3. The maximum absolute atomic E-state index is 5.70. The molecule has 2 rings (SSSR count). The third-order valence-electron chi connectivity index (χ3n) is 4.23. The van der Waals surface area contributed by atoms with Gasteiger partial charge in [0.2, 0.25) is 5.75 Å². The summed E-state index contributed by atoms with van der Waals surface area (Å²) in [5.41, 5.74) is 1.98. The molecule has 0 spiro atoms. The summed E-state index contributed by atoms with van der Waals surface area (Å²) in [6.07, 6.45) is 1.84. The van der Waals surface area contributed by atoms with Crippen LogP contribution in [-0.2, 0) is 6.42 Å². The number of hydrogen-bond acceptors (Lipinski definition) is 5. The van der Waals surface area contributed by atoms with Crippen LogP contribution in [0.5, 0.6) is 23.0 Å². The van der Waals surface area contributed by atoms with Gasteiger partial charge >= 0.3 is 0 Å². The second-order valence-electron chi connectivity index (χ2n) is 6.28. The average Bonchev–Trinajstić information content (AvgIpc) is 2.76. The van der Waals surface area contributed by atoms with Crippen molar-refractivity contribution >= 4 is 35.6 Å². The maximum Gasteiger partial charge on any atom is 0.203 e. The van der Waals surface area contributed by atoms with Crippen molar-refractivity contribution < 1.29 is 18.9 Å². The number of hydrogen-bond donors (Lipinski definition) is 2. The molecular formula is C22H32IN3O4. The number of ether oxygens (including phenoxy) is 4. The van der Waals surface area contributed by atoms with Crippen molar-refractivity contribution in [3.8, 4) is 23.0 Å². The molecule has 0 radical (unpaired) electrons. The molecule has 0 aliphatic rings. The normalized spacial score (nSPS) is 10.6. The van der Waals surface area contributed by atoms with Crippen molar-refractivity contribution in [3.63, 3.8) is 0 Å². The first-order valence-electron chi connectivity index (χ1n) is 9.64. The van der Waals surface area contributed by atoms with Gasteiger partial charge in [-0.15, -0.1) is 24.0 Å². The number of aliphatic imine (C=N–C) groups is 1. The highest BCUT2D eigenvalue weighted by Gasteiger charge is 2.14. The number of nitrogens with zero attached hydrogens (tertiary/aromatic N) is 1. The first kappa shape index (κ1) is 25.7. The van der Waals surface area contributed by atoms with Crippen LogP contribution in [0.4, 0.5) is 5.69 Å². The van der Waals surface area contributed by atoms with Gasteiger partial charge in [-0.05, 0) is 30.5 Å². The molecule has 0 heterocycles. The highest BCUT2D eigenvalue weighted by molar-refractivity contribution is 14.0. The Labute approximate surface area is 196 Å². The molecule has 0 saturated heterocycles. The van der Waals surface area contributed by atoms with Gasteiger partial charge in [0.25, 0.3) is 0 Å². The van der Waals surface area contributed by atoms with Gasteiger partial charge in [0.05, 0.1) is 27.9 Å².